The van der Waals surface area contributed by atoms with E-state index >= 15 is 0 Å². The summed E-state index contributed by atoms with van der Waals surface area (Å²) >= 11 is 1.85. The summed E-state index contributed by atoms with van der Waals surface area (Å²) < 4.78 is 1.67. The fraction of sp³-hybridized carbons (Fsp3) is 0.524. The molecule has 7 nitrogen and oxygen atoms in total. The number of aryl methyl sites for hydroxylation is 4. The lowest BCUT2D eigenvalue weighted by Crippen LogP contribution is -2.54. The Morgan fingerprint density at radius 3 is 2.79 bits per heavy atom. The molecule has 152 valence electrons. The van der Waals surface area contributed by atoms with Gasteiger partial charge in [0.15, 0.2) is 0 Å². The van der Waals surface area contributed by atoms with Gasteiger partial charge < -0.3 is 9.80 Å². The van der Waals surface area contributed by atoms with Gasteiger partial charge in [-0.15, -0.1) is 11.3 Å². The Morgan fingerprint density at radius 1 is 1.21 bits per heavy atom. The van der Waals surface area contributed by atoms with Gasteiger partial charge in [0.05, 0.1) is 17.1 Å². The van der Waals surface area contributed by atoms with Crippen LogP contribution in [0.5, 0.6) is 0 Å². The van der Waals surface area contributed by atoms with Crippen LogP contribution < -0.4 is 4.90 Å². The number of thiophene rings is 1. The number of hydrogen-bond acceptors (Lipinski definition) is 6. The Morgan fingerprint density at radius 2 is 2.03 bits per heavy atom. The van der Waals surface area contributed by atoms with E-state index in [1.54, 1.807) is 17.1 Å². The first-order chi connectivity index (χ1) is 14.0. The second-order valence-corrected chi connectivity index (χ2v) is 9.27. The van der Waals surface area contributed by atoms with Crippen LogP contribution in [-0.2, 0) is 19.9 Å². The maximum Gasteiger partial charge on any atom is 0.257 e. The van der Waals surface area contributed by atoms with Crippen molar-refractivity contribution in [3.63, 3.8) is 0 Å². The number of aromatic nitrogens is 4. The summed E-state index contributed by atoms with van der Waals surface area (Å²) in [5.41, 5.74) is 2.12. The molecule has 0 N–H and O–H groups in total. The van der Waals surface area contributed by atoms with Gasteiger partial charge in [-0.3, -0.25) is 9.48 Å². The van der Waals surface area contributed by atoms with Crippen LogP contribution >= 0.6 is 11.3 Å². The fourth-order valence-corrected chi connectivity index (χ4v) is 5.92. The van der Waals surface area contributed by atoms with Crippen LogP contribution in [0, 0.1) is 6.92 Å². The van der Waals surface area contributed by atoms with Crippen LogP contribution in [0.15, 0.2) is 12.4 Å². The highest BCUT2D eigenvalue weighted by Crippen LogP contribution is 2.40. The molecule has 0 aromatic carbocycles. The van der Waals surface area contributed by atoms with E-state index in [9.17, 15) is 4.79 Å². The lowest BCUT2D eigenvalue weighted by Gasteiger charge is -2.40. The first-order valence-corrected chi connectivity index (χ1v) is 11.2. The molecule has 1 aliphatic carbocycles. The smallest absolute Gasteiger partial charge is 0.257 e. The van der Waals surface area contributed by atoms with Gasteiger partial charge in [-0.05, 0) is 45.1 Å². The average molecular weight is 411 g/mol. The maximum absolute atomic E-state index is 12.9. The van der Waals surface area contributed by atoms with E-state index in [0.29, 0.717) is 12.1 Å². The first kappa shape index (κ1) is 18.5. The molecule has 5 rings (SSSR count). The first-order valence-electron chi connectivity index (χ1n) is 10.3. The number of fused-ring (bicyclic) bond motifs is 3. The van der Waals surface area contributed by atoms with Crippen LogP contribution in [0.25, 0.3) is 10.2 Å². The molecule has 0 saturated carbocycles. The number of anilines is 1. The molecular weight excluding hydrogens is 384 g/mol. The molecule has 1 amide bonds. The molecule has 1 unspecified atom stereocenters. The summed E-state index contributed by atoms with van der Waals surface area (Å²) in [7, 11) is 1.84. The van der Waals surface area contributed by atoms with Crippen LogP contribution in [0.3, 0.4) is 0 Å². The zero-order chi connectivity index (χ0) is 20.1. The minimum absolute atomic E-state index is 0.0576. The van der Waals surface area contributed by atoms with Crippen molar-refractivity contribution in [3.8, 4) is 0 Å². The van der Waals surface area contributed by atoms with Crippen molar-refractivity contribution in [2.75, 3.05) is 24.5 Å². The average Bonchev–Trinajstić information content (AvgIpc) is 3.30. The van der Waals surface area contributed by atoms with Crippen LogP contribution in [0.1, 0.15) is 46.4 Å². The number of rotatable bonds is 2. The number of carbonyl (C=O) groups is 1. The normalized spacial score (nSPS) is 19.6. The lowest BCUT2D eigenvalue weighted by molar-refractivity contribution is 0.0673. The SMILES string of the molecule is Cc1nc(N2CCN(C(=O)c3cnn(C)c3)C(C)C2)c2c3c(sc2n1)CCCC3. The van der Waals surface area contributed by atoms with Gasteiger partial charge >= 0.3 is 0 Å². The highest BCUT2D eigenvalue weighted by atomic mass is 32.1. The Bertz CT molecular complexity index is 1090. The molecule has 2 aliphatic rings. The van der Waals surface area contributed by atoms with Crippen LogP contribution in [-0.4, -0.2) is 56.2 Å². The van der Waals surface area contributed by atoms with Gasteiger partial charge in [0.25, 0.3) is 5.91 Å². The van der Waals surface area contributed by atoms with Crippen molar-refractivity contribution >= 4 is 33.3 Å². The predicted octanol–water partition coefficient (Wildman–Crippen LogP) is 2.96. The third-order valence-corrected chi connectivity index (χ3v) is 7.23. The van der Waals surface area contributed by atoms with E-state index in [0.717, 1.165) is 36.0 Å². The van der Waals surface area contributed by atoms with Crippen molar-refractivity contribution in [2.45, 2.75) is 45.6 Å². The minimum atomic E-state index is 0.0576. The molecule has 0 spiro atoms. The predicted molar refractivity (Wildman–Crippen MR) is 115 cm³/mol. The van der Waals surface area contributed by atoms with Crippen molar-refractivity contribution in [1.82, 2.24) is 24.6 Å². The third-order valence-electron chi connectivity index (χ3n) is 6.05. The van der Waals surface area contributed by atoms with Gasteiger partial charge in [0.1, 0.15) is 16.5 Å². The van der Waals surface area contributed by atoms with E-state index in [4.69, 9.17) is 9.97 Å². The number of carbonyl (C=O) groups excluding carboxylic acids is 1. The molecule has 0 bridgehead atoms. The van der Waals surface area contributed by atoms with E-state index in [1.807, 2.05) is 30.2 Å². The third kappa shape index (κ3) is 3.19. The number of nitrogens with zero attached hydrogens (tertiary/aromatic N) is 6. The highest BCUT2D eigenvalue weighted by molar-refractivity contribution is 7.19. The van der Waals surface area contributed by atoms with Gasteiger partial charge in [0, 0.05) is 43.8 Å². The number of piperazine rings is 1. The van der Waals surface area contributed by atoms with Crippen molar-refractivity contribution in [2.24, 2.45) is 7.05 Å². The molecule has 3 aromatic heterocycles. The number of amides is 1. The summed E-state index contributed by atoms with van der Waals surface area (Å²) in [5.74, 6) is 1.95. The van der Waals surface area contributed by atoms with Gasteiger partial charge in [0.2, 0.25) is 0 Å². The second kappa shape index (κ2) is 7.09. The Balaban J connectivity index is 1.45. The van der Waals surface area contributed by atoms with E-state index in [1.165, 1.54) is 35.1 Å². The summed E-state index contributed by atoms with van der Waals surface area (Å²) in [6.07, 6.45) is 8.25. The fourth-order valence-electron chi connectivity index (χ4n) is 4.62. The zero-order valence-corrected chi connectivity index (χ0v) is 18.0. The van der Waals surface area contributed by atoms with Crippen molar-refractivity contribution in [3.05, 3.63) is 34.2 Å². The summed E-state index contributed by atoms with van der Waals surface area (Å²) in [5, 5.41) is 5.40. The highest BCUT2D eigenvalue weighted by Gasteiger charge is 2.31. The van der Waals surface area contributed by atoms with Gasteiger partial charge in [-0.25, -0.2) is 9.97 Å². The molecule has 1 atom stereocenters. The Hall–Kier alpha value is -2.48. The topological polar surface area (TPSA) is 67.2 Å². The molecule has 8 heteroatoms. The van der Waals surface area contributed by atoms with Gasteiger partial charge in [-0.1, -0.05) is 0 Å². The number of hydrogen-bond donors (Lipinski definition) is 0. The maximum atomic E-state index is 12.9. The zero-order valence-electron chi connectivity index (χ0n) is 17.2. The minimum Gasteiger partial charge on any atom is -0.352 e. The summed E-state index contributed by atoms with van der Waals surface area (Å²) in [6.45, 7) is 6.35. The van der Waals surface area contributed by atoms with Crippen LogP contribution in [0.4, 0.5) is 5.82 Å². The van der Waals surface area contributed by atoms with E-state index in [2.05, 4.69) is 16.9 Å². The quantitative estimate of drug-likeness (QED) is 0.650. The molecule has 1 fully saturated rings. The second-order valence-electron chi connectivity index (χ2n) is 8.18. The van der Waals surface area contributed by atoms with E-state index < -0.39 is 0 Å². The standard InChI is InChI=1S/C21H26N6OS/c1-13-11-26(8-9-27(13)21(28)15-10-22-25(3)12-15)19-18-16-6-4-5-7-17(16)29-20(18)24-14(2)23-19/h10,12-13H,4-9,11H2,1-3H3. The molecule has 3 aromatic rings. The molecule has 0 radical (unpaired) electrons. The molecule has 1 saturated heterocycles. The van der Waals surface area contributed by atoms with Crippen molar-refractivity contribution < 1.29 is 4.79 Å². The Kier molecular flexibility index (Phi) is 4.53. The van der Waals surface area contributed by atoms with Crippen molar-refractivity contribution in [1.29, 1.82) is 0 Å². The van der Waals surface area contributed by atoms with E-state index in [-0.39, 0.29) is 11.9 Å². The van der Waals surface area contributed by atoms with Crippen LogP contribution in [0.2, 0.25) is 0 Å². The lowest BCUT2D eigenvalue weighted by atomic mass is 9.96. The molecule has 29 heavy (non-hydrogen) atoms. The summed E-state index contributed by atoms with van der Waals surface area (Å²) in [6, 6.07) is 0.108. The monoisotopic (exact) mass is 410 g/mol. The molecule has 4 heterocycles. The summed E-state index contributed by atoms with van der Waals surface area (Å²) in [4.78, 5) is 29.5. The molecular formula is C21H26N6OS. The molecule has 1 aliphatic heterocycles. The van der Waals surface area contributed by atoms with Gasteiger partial charge in [-0.2, -0.15) is 5.10 Å². The Labute approximate surface area is 174 Å². The largest absolute Gasteiger partial charge is 0.352 e.